The lowest BCUT2D eigenvalue weighted by Crippen LogP contribution is -2.14. The summed E-state index contributed by atoms with van der Waals surface area (Å²) in [5.74, 6) is 0.658. The molecule has 3 aromatic heterocycles. The molecule has 1 fully saturated rings. The molecule has 6 heteroatoms. The first-order valence-electron chi connectivity index (χ1n) is 7.66. The standard InChI is InChI=1S/C16H17N5O/c22-16-13-10-18-21(12-5-1-2-6-12)15(13)19-14(20-16)8-11-4-3-7-17-9-11/h3-4,7,9-10,12H,1-2,5-6,8H2,(H,19,20,22). The highest BCUT2D eigenvalue weighted by atomic mass is 16.1. The van der Waals surface area contributed by atoms with Crippen molar-refractivity contribution in [2.24, 2.45) is 0 Å². The summed E-state index contributed by atoms with van der Waals surface area (Å²) < 4.78 is 1.93. The predicted octanol–water partition coefficient (Wildman–Crippen LogP) is 2.22. The summed E-state index contributed by atoms with van der Waals surface area (Å²) in [6.45, 7) is 0. The molecule has 4 rings (SSSR count). The second kappa shape index (κ2) is 5.36. The van der Waals surface area contributed by atoms with Crippen molar-refractivity contribution >= 4 is 11.0 Å². The zero-order valence-corrected chi connectivity index (χ0v) is 12.2. The maximum Gasteiger partial charge on any atom is 0.262 e. The molecule has 0 spiro atoms. The van der Waals surface area contributed by atoms with Crippen molar-refractivity contribution in [3.8, 4) is 0 Å². The van der Waals surface area contributed by atoms with Crippen LogP contribution >= 0.6 is 0 Å². The molecule has 0 aromatic carbocycles. The van der Waals surface area contributed by atoms with E-state index >= 15 is 0 Å². The smallest absolute Gasteiger partial charge is 0.262 e. The fourth-order valence-corrected chi connectivity index (χ4v) is 3.18. The summed E-state index contributed by atoms with van der Waals surface area (Å²) in [6.07, 6.45) is 10.4. The van der Waals surface area contributed by atoms with E-state index in [0.29, 0.717) is 29.3 Å². The van der Waals surface area contributed by atoms with E-state index in [4.69, 9.17) is 0 Å². The largest absolute Gasteiger partial charge is 0.310 e. The Labute approximate surface area is 127 Å². The number of rotatable bonds is 3. The maximum atomic E-state index is 12.3. The summed E-state index contributed by atoms with van der Waals surface area (Å²) in [5.41, 5.74) is 1.61. The number of aromatic amines is 1. The highest BCUT2D eigenvalue weighted by Crippen LogP contribution is 2.30. The van der Waals surface area contributed by atoms with Gasteiger partial charge in [0, 0.05) is 18.8 Å². The Bertz CT molecular complexity index is 846. The van der Waals surface area contributed by atoms with Gasteiger partial charge in [0.2, 0.25) is 0 Å². The van der Waals surface area contributed by atoms with E-state index in [1.54, 1.807) is 18.6 Å². The van der Waals surface area contributed by atoms with Gasteiger partial charge in [-0.25, -0.2) is 9.67 Å². The third-order valence-electron chi connectivity index (χ3n) is 4.28. The molecule has 22 heavy (non-hydrogen) atoms. The average Bonchev–Trinajstić information content (AvgIpc) is 3.17. The van der Waals surface area contributed by atoms with Crippen LogP contribution in [0, 0.1) is 0 Å². The summed E-state index contributed by atoms with van der Waals surface area (Å²) in [7, 11) is 0. The molecule has 6 nitrogen and oxygen atoms in total. The van der Waals surface area contributed by atoms with Crippen LogP contribution < -0.4 is 5.56 Å². The minimum Gasteiger partial charge on any atom is -0.310 e. The van der Waals surface area contributed by atoms with Gasteiger partial charge in [-0.15, -0.1) is 0 Å². The van der Waals surface area contributed by atoms with Gasteiger partial charge in [-0.05, 0) is 24.5 Å². The SMILES string of the molecule is O=c1[nH]c(Cc2cccnc2)nc2c1cnn2C1CCCC1. The van der Waals surface area contributed by atoms with Crippen molar-refractivity contribution in [1.29, 1.82) is 0 Å². The minimum absolute atomic E-state index is 0.117. The van der Waals surface area contributed by atoms with E-state index in [9.17, 15) is 4.79 Å². The predicted molar refractivity (Wildman–Crippen MR) is 82.7 cm³/mol. The zero-order chi connectivity index (χ0) is 14.9. The molecular formula is C16H17N5O. The van der Waals surface area contributed by atoms with Gasteiger partial charge in [-0.3, -0.25) is 9.78 Å². The Morgan fingerprint density at radius 2 is 2.14 bits per heavy atom. The summed E-state index contributed by atoms with van der Waals surface area (Å²) in [6, 6.07) is 4.23. The van der Waals surface area contributed by atoms with Crippen LogP contribution in [0.3, 0.4) is 0 Å². The van der Waals surface area contributed by atoms with Crippen molar-refractivity contribution in [2.45, 2.75) is 38.1 Å². The van der Waals surface area contributed by atoms with Gasteiger partial charge in [-0.1, -0.05) is 18.9 Å². The lowest BCUT2D eigenvalue weighted by Gasteiger charge is -2.10. The molecule has 0 saturated heterocycles. The van der Waals surface area contributed by atoms with Crippen LogP contribution in [0.1, 0.15) is 43.1 Å². The number of H-pyrrole nitrogens is 1. The highest BCUT2D eigenvalue weighted by Gasteiger charge is 2.21. The Kier molecular flexibility index (Phi) is 3.21. The quantitative estimate of drug-likeness (QED) is 0.803. The van der Waals surface area contributed by atoms with Crippen molar-refractivity contribution in [3.05, 3.63) is 52.5 Å². The molecule has 1 aliphatic carbocycles. The van der Waals surface area contributed by atoms with Gasteiger partial charge in [-0.2, -0.15) is 5.10 Å². The fourth-order valence-electron chi connectivity index (χ4n) is 3.18. The monoisotopic (exact) mass is 295 g/mol. The molecule has 3 aromatic rings. The summed E-state index contributed by atoms with van der Waals surface area (Å²) >= 11 is 0. The molecular weight excluding hydrogens is 278 g/mol. The van der Waals surface area contributed by atoms with Crippen molar-refractivity contribution in [2.75, 3.05) is 0 Å². The van der Waals surface area contributed by atoms with Gasteiger partial charge in [0.05, 0.1) is 12.2 Å². The lowest BCUT2D eigenvalue weighted by atomic mass is 10.2. The second-order valence-corrected chi connectivity index (χ2v) is 5.82. The van der Waals surface area contributed by atoms with Gasteiger partial charge >= 0.3 is 0 Å². The van der Waals surface area contributed by atoms with Crippen LogP contribution in [-0.2, 0) is 6.42 Å². The third-order valence-corrected chi connectivity index (χ3v) is 4.28. The van der Waals surface area contributed by atoms with E-state index in [1.165, 1.54) is 12.8 Å². The van der Waals surface area contributed by atoms with E-state index in [0.717, 1.165) is 18.4 Å². The Morgan fingerprint density at radius 1 is 1.27 bits per heavy atom. The summed E-state index contributed by atoms with van der Waals surface area (Å²) in [4.78, 5) is 23.9. The topological polar surface area (TPSA) is 76.5 Å². The van der Waals surface area contributed by atoms with Gasteiger partial charge in [0.15, 0.2) is 5.65 Å². The van der Waals surface area contributed by atoms with Gasteiger partial charge < -0.3 is 4.98 Å². The highest BCUT2D eigenvalue weighted by molar-refractivity contribution is 5.73. The third kappa shape index (κ3) is 2.30. The molecule has 0 amide bonds. The van der Waals surface area contributed by atoms with Crippen LogP contribution in [0.5, 0.6) is 0 Å². The van der Waals surface area contributed by atoms with Crippen LogP contribution in [0.2, 0.25) is 0 Å². The number of nitrogens with zero attached hydrogens (tertiary/aromatic N) is 4. The molecule has 3 heterocycles. The number of hydrogen-bond donors (Lipinski definition) is 1. The number of nitrogens with one attached hydrogen (secondary N) is 1. The number of hydrogen-bond acceptors (Lipinski definition) is 4. The first-order valence-corrected chi connectivity index (χ1v) is 7.66. The maximum absolute atomic E-state index is 12.3. The normalized spacial score (nSPS) is 15.6. The van der Waals surface area contributed by atoms with Crippen molar-refractivity contribution in [1.82, 2.24) is 24.7 Å². The Hall–Kier alpha value is -2.50. The van der Waals surface area contributed by atoms with Crippen LogP contribution in [0.25, 0.3) is 11.0 Å². The molecule has 0 radical (unpaired) electrons. The van der Waals surface area contributed by atoms with Crippen LogP contribution in [-0.4, -0.2) is 24.7 Å². The van der Waals surface area contributed by atoms with E-state index in [-0.39, 0.29) is 5.56 Å². The molecule has 0 aliphatic heterocycles. The fraction of sp³-hybridized carbons (Fsp3) is 0.375. The lowest BCUT2D eigenvalue weighted by molar-refractivity contribution is 0.478. The Balaban J connectivity index is 1.77. The minimum atomic E-state index is -0.117. The zero-order valence-electron chi connectivity index (χ0n) is 12.2. The van der Waals surface area contributed by atoms with Crippen molar-refractivity contribution in [3.63, 3.8) is 0 Å². The molecule has 0 bridgehead atoms. The second-order valence-electron chi connectivity index (χ2n) is 5.82. The first-order chi connectivity index (χ1) is 10.8. The van der Waals surface area contributed by atoms with Gasteiger partial charge in [0.25, 0.3) is 5.56 Å². The number of aromatic nitrogens is 5. The molecule has 1 saturated carbocycles. The number of pyridine rings is 1. The molecule has 0 atom stereocenters. The van der Waals surface area contributed by atoms with Crippen LogP contribution in [0.4, 0.5) is 0 Å². The van der Waals surface area contributed by atoms with E-state index < -0.39 is 0 Å². The first kappa shape index (κ1) is 13.2. The molecule has 1 N–H and O–H groups in total. The van der Waals surface area contributed by atoms with E-state index in [1.807, 2.05) is 16.8 Å². The summed E-state index contributed by atoms with van der Waals surface area (Å²) in [5, 5.41) is 4.98. The van der Waals surface area contributed by atoms with Crippen LogP contribution in [0.15, 0.2) is 35.5 Å². The van der Waals surface area contributed by atoms with E-state index in [2.05, 4.69) is 20.1 Å². The molecule has 112 valence electrons. The average molecular weight is 295 g/mol. The molecule has 1 aliphatic rings. The van der Waals surface area contributed by atoms with Gasteiger partial charge in [0.1, 0.15) is 11.2 Å². The number of fused-ring (bicyclic) bond motifs is 1. The van der Waals surface area contributed by atoms with Crippen molar-refractivity contribution < 1.29 is 0 Å². The Morgan fingerprint density at radius 3 is 2.91 bits per heavy atom. The molecule has 0 unspecified atom stereocenters.